The molecule has 4 heterocycles. The molecule has 1 saturated heterocycles. The molecule has 252 valence electrons. The number of benzene rings is 1. The van der Waals surface area contributed by atoms with Crippen LogP contribution in [0.5, 0.6) is 0 Å². The average Bonchev–Trinajstić information content (AvgIpc) is 3.45. The molecule has 0 saturated carbocycles. The van der Waals surface area contributed by atoms with Gasteiger partial charge in [-0.25, -0.2) is 18.4 Å². The van der Waals surface area contributed by atoms with Crippen LogP contribution in [0.15, 0.2) is 79.7 Å². The number of nitriles is 1. The van der Waals surface area contributed by atoms with Gasteiger partial charge in [0.25, 0.3) is 0 Å². The zero-order valence-electron chi connectivity index (χ0n) is 27.7. The molecule has 0 bridgehead atoms. The summed E-state index contributed by atoms with van der Waals surface area (Å²) in [6.45, 7) is 8.73. The minimum absolute atomic E-state index is 0.0481. The zero-order chi connectivity index (χ0) is 33.9. The van der Waals surface area contributed by atoms with E-state index < -0.39 is 9.84 Å². The molecule has 0 amide bonds. The van der Waals surface area contributed by atoms with Crippen LogP contribution in [0.4, 0.5) is 17.6 Å². The van der Waals surface area contributed by atoms with Gasteiger partial charge in [-0.3, -0.25) is 4.68 Å². The summed E-state index contributed by atoms with van der Waals surface area (Å²) >= 11 is 0. The minimum atomic E-state index is -3.09. The van der Waals surface area contributed by atoms with Crippen LogP contribution in [-0.2, 0) is 23.4 Å². The Kier molecular flexibility index (Phi) is 11.6. The maximum Gasteiger partial charge on any atom is 0.224 e. The van der Waals surface area contributed by atoms with E-state index in [4.69, 9.17) is 4.98 Å². The second-order valence-corrected chi connectivity index (χ2v) is 14.3. The third-order valence-corrected chi connectivity index (χ3v) is 10.1. The standard InChI is InChI=1S/C35H44N10O2S/c1-4-10-32(13-8-16-37-35-40-24-30(21-36)34(42-35)44-17-9-19-48(46,47)20-18-44)45(27(2)38-22-28-11-6-5-7-12-28)33-15-14-29(23-39-33)31-25-41-43(3)26-31/h5-7,11-12,14-15,23-26,32,38H,2,4,8-10,13,16-20,22H2,1,3H3,(H,37,40,42)/t32-/m0/s1. The molecule has 4 aromatic rings. The lowest BCUT2D eigenvalue weighted by atomic mass is 10.0. The van der Waals surface area contributed by atoms with E-state index in [2.05, 4.69) is 68.4 Å². The molecule has 1 aromatic carbocycles. The van der Waals surface area contributed by atoms with Crippen LogP contribution in [0.1, 0.15) is 50.2 Å². The number of rotatable bonds is 15. The molecule has 2 N–H and O–H groups in total. The summed E-state index contributed by atoms with van der Waals surface area (Å²) in [6.07, 6.45) is 11.3. The van der Waals surface area contributed by atoms with Crippen molar-refractivity contribution < 1.29 is 8.42 Å². The maximum atomic E-state index is 12.1. The van der Waals surface area contributed by atoms with Gasteiger partial charge in [0.1, 0.15) is 23.3 Å². The van der Waals surface area contributed by atoms with Gasteiger partial charge in [-0.2, -0.15) is 15.3 Å². The number of nitrogens with one attached hydrogen (secondary N) is 2. The number of hydrogen-bond acceptors (Lipinski definition) is 11. The second kappa shape index (κ2) is 16.2. The molecular weight excluding hydrogens is 625 g/mol. The molecule has 13 heteroatoms. The Hall–Kier alpha value is -4.96. The Balaban J connectivity index is 1.29. The van der Waals surface area contributed by atoms with E-state index in [1.54, 1.807) is 4.68 Å². The Labute approximate surface area is 283 Å². The number of hydrogen-bond donors (Lipinski definition) is 2. The predicted molar refractivity (Wildman–Crippen MR) is 190 cm³/mol. The SMILES string of the molecule is C=C(NCc1ccccc1)N(c1ccc(-c2cnn(C)c2)cn1)[C@@H](CCC)CCCNc1ncc(C#N)c(N2CCCS(=O)(=O)CC2)n1. The van der Waals surface area contributed by atoms with Crippen molar-refractivity contribution in [2.24, 2.45) is 7.05 Å². The predicted octanol–water partition coefficient (Wildman–Crippen LogP) is 4.90. The maximum absolute atomic E-state index is 12.1. The van der Waals surface area contributed by atoms with E-state index in [1.165, 1.54) is 11.8 Å². The molecule has 48 heavy (non-hydrogen) atoms. The van der Waals surface area contributed by atoms with Crippen LogP contribution in [0.2, 0.25) is 0 Å². The van der Waals surface area contributed by atoms with E-state index in [0.29, 0.717) is 49.9 Å². The van der Waals surface area contributed by atoms with Crippen molar-refractivity contribution in [1.82, 2.24) is 30.0 Å². The van der Waals surface area contributed by atoms with Gasteiger partial charge >= 0.3 is 0 Å². The first-order valence-electron chi connectivity index (χ1n) is 16.4. The summed E-state index contributed by atoms with van der Waals surface area (Å²) in [5.74, 6) is 2.69. The summed E-state index contributed by atoms with van der Waals surface area (Å²) in [5.41, 5.74) is 3.50. The van der Waals surface area contributed by atoms with Crippen molar-refractivity contribution in [2.75, 3.05) is 46.3 Å². The highest BCUT2D eigenvalue weighted by molar-refractivity contribution is 7.91. The molecular formula is C35H44N10O2S. The Morgan fingerprint density at radius 3 is 2.60 bits per heavy atom. The van der Waals surface area contributed by atoms with Crippen LogP contribution >= 0.6 is 0 Å². The van der Waals surface area contributed by atoms with Gasteiger partial charge in [-0.05, 0) is 43.4 Å². The molecule has 1 aliphatic heterocycles. The first-order chi connectivity index (χ1) is 23.3. The quantitative estimate of drug-likeness (QED) is 0.167. The Morgan fingerprint density at radius 2 is 1.90 bits per heavy atom. The first kappa shape index (κ1) is 34.4. The Bertz CT molecular complexity index is 1800. The van der Waals surface area contributed by atoms with E-state index in [1.807, 2.05) is 54.8 Å². The molecule has 0 aliphatic carbocycles. The number of nitrogens with zero attached hydrogens (tertiary/aromatic N) is 8. The normalized spacial score (nSPS) is 14.8. The van der Waals surface area contributed by atoms with Gasteiger partial charge < -0.3 is 20.4 Å². The number of aryl methyl sites for hydroxylation is 1. The number of sulfone groups is 1. The Morgan fingerprint density at radius 1 is 1.06 bits per heavy atom. The third kappa shape index (κ3) is 9.10. The van der Waals surface area contributed by atoms with Crippen molar-refractivity contribution in [2.45, 2.75) is 51.6 Å². The van der Waals surface area contributed by atoms with Gasteiger partial charge in [0.15, 0.2) is 15.7 Å². The van der Waals surface area contributed by atoms with E-state index >= 15 is 0 Å². The lowest BCUT2D eigenvalue weighted by molar-refractivity contribution is 0.508. The fourth-order valence-electron chi connectivity index (χ4n) is 5.90. The lowest BCUT2D eigenvalue weighted by Crippen LogP contribution is -2.40. The highest BCUT2D eigenvalue weighted by Gasteiger charge is 2.24. The highest BCUT2D eigenvalue weighted by atomic mass is 32.2. The van der Waals surface area contributed by atoms with Crippen LogP contribution in [0, 0.1) is 11.3 Å². The van der Waals surface area contributed by atoms with Gasteiger partial charge in [0, 0.05) is 62.8 Å². The molecule has 12 nitrogen and oxygen atoms in total. The van der Waals surface area contributed by atoms with Gasteiger partial charge in [0.2, 0.25) is 5.95 Å². The van der Waals surface area contributed by atoms with Crippen molar-refractivity contribution in [3.05, 3.63) is 90.8 Å². The zero-order valence-corrected chi connectivity index (χ0v) is 28.5. The fourth-order valence-corrected chi connectivity index (χ4v) is 7.17. The average molecular weight is 669 g/mol. The summed E-state index contributed by atoms with van der Waals surface area (Å²) in [7, 11) is -1.19. The first-order valence-corrected chi connectivity index (χ1v) is 18.3. The van der Waals surface area contributed by atoms with Crippen LogP contribution < -0.4 is 20.4 Å². The summed E-state index contributed by atoms with van der Waals surface area (Å²) in [6, 6.07) is 16.6. The second-order valence-electron chi connectivity index (χ2n) is 12.0. The molecule has 0 spiro atoms. The van der Waals surface area contributed by atoms with E-state index in [-0.39, 0.29) is 17.5 Å². The van der Waals surface area contributed by atoms with E-state index in [9.17, 15) is 13.7 Å². The molecule has 0 radical (unpaired) electrons. The van der Waals surface area contributed by atoms with Gasteiger partial charge in [-0.1, -0.05) is 50.3 Å². The van der Waals surface area contributed by atoms with Crippen LogP contribution in [0.3, 0.4) is 0 Å². The summed E-state index contributed by atoms with van der Waals surface area (Å²) in [5, 5.41) is 20.8. The topological polar surface area (TPSA) is 145 Å². The summed E-state index contributed by atoms with van der Waals surface area (Å²) < 4.78 is 26.1. The molecule has 3 aromatic heterocycles. The van der Waals surface area contributed by atoms with Crippen molar-refractivity contribution in [3.8, 4) is 17.2 Å². The van der Waals surface area contributed by atoms with E-state index in [0.717, 1.165) is 48.4 Å². The van der Waals surface area contributed by atoms with Crippen molar-refractivity contribution in [1.29, 1.82) is 5.26 Å². The number of aromatic nitrogens is 5. The molecule has 1 aliphatic rings. The van der Waals surface area contributed by atoms with Crippen molar-refractivity contribution in [3.63, 3.8) is 0 Å². The van der Waals surface area contributed by atoms with Crippen molar-refractivity contribution >= 4 is 27.4 Å². The smallest absolute Gasteiger partial charge is 0.224 e. The third-order valence-electron chi connectivity index (χ3n) is 8.39. The number of anilines is 3. The summed E-state index contributed by atoms with van der Waals surface area (Å²) in [4.78, 5) is 18.0. The molecule has 1 atom stereocenters. The van der Waals surface area contributed by atoms with Crippen LogP contribution in [0.25, 0.3) is 11.1 Å². The molecule has 5 rings (SSSR count). The van der Waals surface area contributed by atoms with Gasteiger partial charge in [-0.15, -0.1) is 0 Å². The van der Waals surface area contributed by atoms with Crippen LogP contribution in [-0.4, -0.2) is 70.3 Å². The molecule has 1 fully saturated rings. The van der Waals surface area contributed by atoms with Gasteiger partial charge in [0.05, 0.1) is 23.9 Å². The lowest BCUT2D eigenvalue weighted by Gasteiger charge is -2.35. The monoisotopic (exact) mass is 668 g/mol. The number of pyridine rings is 1. The molecule has 0 unspecified atom stereocenters. The highest BCUT2D eigenvalue weighted by Crippen LogP contribution is 2.27. The largest absolute Gasteiger partial charge is 0.368 e. The fraction of sp³-hybridized carbons (Fsp3) is 0.400. The minimum Gasteiger partial charge on any atom is -0.368 e.